The van der Waals surface area contributed by atoms with Gasteiger partial charge in [0.2, 0.25) is 17.7 Å². The third-order valence-corrected chi connectivity index (χ3v) is 4.83. The van der Waals surface area contributed by atoms with Crippen molar-refractivity contribution in [3.63, 3.8) is 0 Å². The highest BCUT2D eigenvalue weighted by Gasteiger charge is 2.12. The van der Waals surface area contributed by atoms with Gasteiger partial charge >= 0.3 is 0 Å². The van der Waals surface area contributed by atoms with Crippen molar-refractivity contribution in [2.75, 3.05) is 23.3 Å². The van der Waals surface area contributed by atoms with E-state index in [2.05, 4.69) is 37.5 Å². The highest BCUT2D eigenvalue weighted by atomic mass is 16.4. The Hall–Kier alpha value is -3.22. The zero-order valence-electron chi connectivity index (χ0n) is 15.7. The molecule has 7 nitrogen and oxygen atoms in total. The first-order valence-corrected chi connectivity index (χ1v) is 9.65. The van der Waals surface area contributed by atoms with Crippen LogP contribution in [0.25, 0.3) is 11.5 Å². The molecule has 1 amide bonds. The molecule has 1 fully saturated rings. The molecule has 0 bridgehead atoms. The first-order chi connectivity index (χ1) is 13.8. The van der Waals surface area contributed by atoms with Crippen LogP contribution in [0.1, 0.15) is 31.6 Å². The van der Waals surface area contributed by atoms with E-state index >= 15 is 0 Å². The average Bonchev–Trinajstić information content (AvgIpc) is 3.23. The summed E-state index contributed by atoms with van der Waals surface area (Å²) in [6.45, 7) is 2.22. The summed E-state index contributed by atoms with van der Waals surface area (Å²) in [6.07, 6.45) is 7.83. The van der Waals surface area contributed by atoms with Gasteiger partial charge in [-0.3, -0.25) is 9.78 Å². The molecule has 2 aromatic heterocycles. The van der Waals surface area contributed by atoms with Crippen LogP contribution in [0.4, 0.5) is 11.4 Å². The van der Waals surface area contributed by atoms with Crippen LogP contribution in [0.3, 0.4) is 0 Å². The zero-order chi connectivity index (χ0) is 19.2. The molecule has 1 aliphatic heterocycles. The van der Waals surface area contributed by atoms with Crippen LogP contribution < -0.4 is 10.2 Å². The number of aromatic nitrogens is 3. The Morgan fingerprint density at radius 2 is 1.75 bits per heavy atom. The molecule has 28 heavy (non-hydrogen) atoms. The highest BCUT2D eigenvalue weighted by molar-refractivity contribution is 5.90. The van der Waals surface area contributed by atoms with Gasteiger partial charge in [0.1, 0.15) is 0 Å². The minimum Gasteiger partial charge on any atom is -0.421 e. The molecule has 4 rings (SSSR count). The van der Waals surface area contributed by atoms with Gasteiger partial charge in [-0.05, 0) is 55.7 Å². The summed E-state index contributed by atoms with van der Waals surface area (Å²) >= 11 is 0. The number of pyridine rings is 1. The fourth-order valence-corrected chi connectivity index (χ4v) is 3.32. The second-order valence-electron chi connectivity index (χ2n) is 6.88. The Kier molecular flexibility index (Phi) is 5.61. The van der Waals surface area contributed by atoms with Gasteiger partial charge in [-0.2, -0.15) is 0 Å². The maximum atomic E-state index is 12.2. The maximum Gasteiger partial charge on any atom is 0.247 e. The Morgan fingerprint density at radius 1 is 1.00 bits per heavy atom. The van der Waals surface area contributed by atoms with Crippen LogP contribution in [-0.4, -0.2) is 34.2 Å². The van der Waals surface area contributed by atoms with Crippen molar-refractivity contribution in [3.05, 3.63) is 54.7 Å². The first-order valence-electron chi connectivity index (χ1n) is 9.65. The van der Waals surface area contributed by atoms with Gasteiger partial charge in [0.05, 0.1) is 0 Å². The van der Waals surface area contributed by atoms with Crippen molar-refractivity contribution in [3.8, 4) is 11.5 Å². The fraction of sp³-hybridized carbons (Fsp3) is 0.333. The quantitative estimate of drug-likeness (QED) is 0.705. The molecule has 3 heterocycles. The van der Waals surface area contributed by atoms with E-state index in [1.54, 1.807) is 24.5 Å². The molecule has 0 atom stereocenters. The summed E-state index contributed by atoms with van der Waals surface area (Å²) in [5, 5.41) is 11.0. The number of amides is 1. The van der Waals surface area contributed by atoms with Crippen molar-refractivity contribution in [1.82, 2.24) is 15.2 Å². The van der Waals surface area contributed by atoms with Crippen molar-refractivity contribution in [2.24, 2.45) is 0 Å². The third-order valence-electron chi connectivity index (χ3n) is 4.83. The highest BCUT2D eigenvalue weighted by Crippen LogP contribution is 2.22. The van der Waals surface area contributed by atoms with E-state index in [9.17, 15) is 4.79 Å². The lowest BCUT2D eigenvalue weighted by molar-refractivity contribution is -0.116. The number of hydrogen-bond donors (Lipinski definition) is 1. The van der Waals surface area contributed by atoms with Crippen LogP contribution in [0, 0.1) is 0 Å². The van der Waals surface area contributed by atoms with Crippen LogP contribution in [0.15, 0.2) is 53.2 Å². The molecule has 1 saturated heterocycles. The number of rotatable bonds is 6. The summed E-state index contributed by atoms with van der Waals surface area (Å²) in [7, 11) is 0. The van der Waals surface area contributed by atoms with Crippen molar-refractivity contribution < 1.29 is 9.21 Å². The zero-order valence-corrected chi connectivity index (χ0v) is 15.7. The van der Waals surface area contributed by atoms with Gasteiger partial charge in [-0.15, -0.1) is 10.2 Å². The molecule has 0 unspecified atom stereocenters. The molecule has 0 radical (unpaired) electrons. The monoisotopic (exact) mass is 377 g/mol. The Balaban J connectivity index is 1.28. The lowest BCUT2D eigenvalue weighted by atomic mass is 10.1. The number of carbonyl (C=O) groups is 1. The van der Waals surface area contributed by atoms with E-state index in [1.807, 2.05) is 12.1 Å². The summed E-state index contributed by atoms with van der Waals surface area (Å²) in [5.74, 6) is 0.808. The average molecular weight is 377 g/mol. The van der Waals surface area contributed by atoms with Gasteiger partial charge in [-0.25, -0.2) is 0 Å². The van der Waals surface area contributed by atoms with Crippen molar-refractivity contribution in [2.45, 2.75) is 32.1 Å². The van der Waals surface area contributed by atoms with Gasteiger partial charge in [0.15, 0.2) is 0 Å². The number of piperidine rings is 1. The van der Waals surface area contributed by atoms with Gasteiger partial charge in [-0.1, -0.05) is 0 Å². The number of benzene rings is 1. The topological polar surface area (TPSA) is 84.1 Å². The second kappa shape index (κ2) is 8.65. The molecule has 0 saturated carbocycles. The lowest BCUT2D eigenvalue weighted by Crippen LogP contribution is -2.29. The first kappa shape index (κ1) is 18.2. The summed E-state index contributed by atoms with van der Waals surface area (Å²) < 4.78 is 5.62. The van der Waals surface area contributed by atoms with E-state index in [4.69, 9.17) is 4.42 Å². The van der Waals surface area contributed by atoms with E-state index in [0.29, 0.717) is 18.2 Å². The minimum atomic E-state index is -0.0746. The molecule has 3 aromatic rings. The van der Waals surface area contributed by atoms with Crippen molar-refractivity contribution in [1.29, 1.82) is 0 Å². The van der Waals surface area contributed by atoms with Gasteiger partial charge in [0, 0.05) is 55.3 Å². The second-order valence-corrected chi connectivity index (χ2v) is 6.88. The number of nitrogens with one attached hydrogen (secondary N) is 1. The third kappa shape index (κ3) is 4.54. The molecular weight excluding hydrogens is 354 g/mol. The van der Waals surface area contributed by atoms with Crippen LogP contribution in [0.5, 0.6) is 0 Å². The van der Waals surface area contributed by atoms with E-state index < -0.39 is 0 Å². The molecule has 0 spiro atoms. The summed E-state index contributed by atoms with van der Waals surface area (Å²) in [4.78, 5) is 18.6. The van der Waals surface area contributed by atoms with E-state index in [-0.39, 0.29) is 12.3 Å². The summed E-state index contributed by atoms with van der Waals surface area (Å²) in [6, 6.07) is 11.7. The molecule has 144 valence electrons. The molecule has 7 heteroatoms. The maximum absolute atomic E-state index is 12.2. The lowest BCUT2D eigenvalue weighted by Gasteiger charge is -2.28. The Bertz CT molecular complexity index is 902. The number of aryl methyl sites for hydroxylation is 1. The number of hydrogen-bond acceptors (Lipinski definition) is 6. The standard InChI is InChI=1S/C21H23N5O2/c27-19(8-9-20-24-25-21(28-20)16-10-12-22-13-11-16)23-17-4-6-18(7-5-17)26-14-2-1-3-15-26/h4-7,10-13H,1-3,8-9,14-15H2,(H,23,27). The van der Waals surface area contributed by atoms with Gasteiger partial charge in [0.25, 0.3) is 0 Å². The van der Waals surface area contributed by atoms with Crippen LogP contribution in [-0.2, 0) is 11.2 Å². The van der Waals surface area contributed by atoms with Gasteiger partial charge < -0.3 is 14.6 Å². The van der Waals surface area contributed by atoms with E-state index in [1.165, 1.54) is 24.9 Å². The Labute approximate surface area is 163 Å². The van der Waals surface area contributed by atoms with Crippen molar-refractivity contribution >= 4 is 17.3 Å². The SMILES string of the molecule is O=C(CCc1nnc(-c2ccncc2)o1)Nc1ccc(N2CCCCC2)cc1. The minimum absolute atomic E-state index is 0.0746. The normalized spacial score (nSPS) is 14.1. The molecule has 0 aliphatic carbocycles. The molecular formula is C21H23N5O2. The molecule has 1 aromatic carbocycles. The Morgan fingerprint density at radius 3 is 2.50 bits per heavy atom. The number of carbonyl (C=O) groups excluding carboxylic acids is 1. The van der Waals surface area contributed by atoms with Crippen LogP contribution >= 0.6 is 0 Å². The van der Waals surface area contributed by atoms with Crippen LogP contribution in [0.2, 0.25) is 0 Å². The predicted molar refractivity (Wildman–Crippen MR) is 107 cm³/mol. The molecule has 1 aliphatic rings. The number of anilines is 2. The smallest absolute Gasteiger partial charge is 0.247 e. The predicted octanol–water partition coefficient (Wildman–Crippen LogP) is 3.69. The summed E-state index contributed by atoms with van der Waals surface area (Å²) in [5.41, 5.74) is 2.83. The number of nitrogens with zero attached hydrogens (tertiary/aromatic N) is 4. The largest absolute Gasteiger partial charge is 0.421 e. The fourth-order valence-electron chi connectivity index (χ4n) is 3.32. The van der Waals surface area contributed by atoms with E-state index in [0.717, 1.165) is 24.3 Å². The molecule has 1 N–H and O–H groups in total.